The largest absolute Gasteiger partial charge is 0.484 e. The van der Waals surface area contributed by atoms with Crippen LogP contribution < -0.4 is 15.1 Å². The van der Waals surface area contributed by atoms with Gasteiger partial charge in [-0.3, -0.25) is 4.79 Å². The molecule has 6 nitrogen and oxygen atoms in total. The van der Waals surface area contributed by atoms with Gasteiger partial charge in [0.25, 0.3) is 5.91 Å². The minimum Gasteiger partial charge on any atom is -0.484 e. The number of ether oxygens (including phenoxy) is 2. The van der Waals surface area contributed by atoms with Crippen molar-refractivity contribution in [2.45, 2.75) is 0 Å². The van der Waals surface area contributed by atoms with E-state index in [-0.39, 0.29) is 12.5 Å². The van der Waals surface area contributed by atoms with Crippen molar-refractivity contribution in [3.05, 3.63) is 58.6 Å². The predicted molar refractivity (Wildman–Crippen MR) is 105 cm³/mol. The monoisotopic (exact) mass is 417 g/mol. The number of hydrazone groups is 1. The number of amides is 1. The number of hydrogen-bond acceptors (Lipinski definition) is 5. The highest BCUT2D eigenvalue weighted by molar-refractivity contribution is 9.10. The molecule has 0 aromatic heterocycles. The highest BCUT2D eigenvalue weighted by atomic mass is 79.9. The highest BCUT2D eigenvalue weighted by Gasteiger charge is 2.10. The van der Waals surface area contributed by atoms with Crippen molar-refractivity contribution in [1.82, 2.24) is 5.43 Å². The quantitative estimate of drug-likeness (QED) is 0.579. The Morgan fingerprint density at radius 2 is 1.85 bits per heavy atom. The Morgan fingerprint density at radius 1 is 1.15 bits per heavy atom. The molecule has 136 valence electrons. The smallest absolute Gasteiger partial charge is 0.277 e. The number of halogens is 1. The van der Waals surface area contributed by atoms with Crippen molar-refractivity contribution < 1.29 is 14.3 Å². The summed E-state index contributed by atoms with van der Waals surface area (Å²) in [5, 5.41) is 3.96. The molecular formula is C19H20BrN3O3. The van der Waals surface area contributed by atoms with Gasteiger partial charge in [-0.25, -0.2) is 5.43 Å². The lowest BCUT2D eigenvalue weighted by atomic mass is 10.2. The number of morpholine rings is 1. The summed E-state index contributed by atoms with van der Waals surface area (Å²) in [6, 6.07) is 15.3. The van der Waals surface area contributed by atoms with E-state index >= 15 is 0 Å². The third kappa shape index (κ3) is 5.57. The SMILES string of the molecule is O=C(COc1ccc(Br)cc1)N/N=C\c1ccc(N2CCOCC2)cc1. The Balaban J connectivity index is 1.44. The molecule has 1 aliphatic rings. The second-order valence-electron chi connectivity index (χ2n) is 5.73. The van der Waals surface area contributed by atoms with Crippen LogP contribution in [0.3, 0.4) is 0 Å². The van der Waals surface area contributed by atoms with Gasteiger partial charge in [-0.1, -0.05) is 28.1 Å². The summed E-state index contributed by atoms with van der Waals surface area (Å²) in [6.45, 7) is 3.24. The molecule has 0 saturated carbocycles. The fraction of sp³-hybridized carbons (Fsp3) is 0.263. The van der Waals surface area contributed by atoms with E-state index in [9.17, 15) is 4.79 Å². The average Bonchev–Trinajstić information content (AvgIpc) is 2.69. The number of carbonyl (C=O) groups is 1. The van der Waals surface area contributed by atoms with Crippen LogP contribution in [-0.4, -0.2) is 45.0 Å². The fourth-order valence-electron chi connectivity index (χ4n) is 2.48. The number of benzene rings is 2. The molecule has 1 fully saturated rings. The molecule has 1 heterocycles. The first kappa shape index (κ1) is 18.4. The molecule has 1 aliphatic heterocycles. The normalized spacial score (nSPS) is 14.4. The number of nitrogens with one attached hydrogen (secondary N) is 1. The van der Waals surface area contributed by atoms with Gasteiger partial charge in [-0.15, -0.1) is 0 Å². The number of nitrogens with zero attached hydrogens (tertiary/aromatic N) is 2. The van der Waals surface area contributed by atoms with Crippen LogP contribution in [0.2, 0.25) is 0 Å². The molecular weight excluding hydrogens is 398 g/mol. The van der Waals surface area contributed by atoms with E-state index in [2.05, 4.69) is 31.4 Å². The number of anilines is 1. The summed E-state index contributed by atoms with van der Waals surface area (Å²) in [7, 11) is 0. The summed E-state index contributed by atoms with van der Waals surface area (Å²) in [6.07, 6.45) is 1.61. The van der Waals surface area contributed by atoms with Gasteiger partial charge in [-0.05, 0) is 42.0 Å². The molecule has 26 heavy (non-hydrogen) atoms. The molecule has 7 heteroatoms. The van der Waals surface area contributed by atoms with Crippen molar-refractivity contribution in [2.75, 3.05) is 37.8 Å². The van der Waals surface area contributed by atoms with E-state index in [4.69, 9.17) is 9.47 Å². The third-order valence-electron chi connectivity index (χ3n) is 3.86. The van der Waals surface area contributed by atoms with Gasteiger partial charge in [0.15, 0.2) is 6.61 Å². The second-order valence-corrected chi connectivity index (χ2v) is 6.64. The first-order valence-electron chi connectivity index (χ1n) is 8.34. The van der Waals surface area contributed by atoms with E-state index in [1.165, 1.54) is 0 Å². The molecule has 0 unspecified atom stereocenters. The summed E-state index contributed by atoms with van der Waals surface area (Å²) in [5.41, 5.74) is 4.54. The first-order valence-corrected chi connectivity index (χ1v) is 9.13. The Labute approximate surface area is 160 Å². The Bertz CT molecular complexity index is 742. The van der Waals surface area contributed by atoms with Crippen LogP contribution in [0.5, 0.6) is 5.75 Å². The summed E-state index contributed by atoms with van der Waals surface area (Å²) in [4.78, 5) is 14.0. The first-order chi connectivity index (χ1) is 12.7. The van der Waals surface area contributed by atoms with Gasteiger partial charge in [0.05, 0.1) is 19.4 Å². The molecule has 1 saturated heterocycles. The lowest BCUT2D eigenvalue weighted by Crippen LogP contribution is -2.36. The van der Waals surface area contributed by atoms with Crippen LogP contribution in [0, 0.1) is 0 Å². The predicted octanol–water partition coefficient (Wildman–Crippen LogP) is 2.81. The van der Waals surface area contributed by atoms with Crippen molar-refractivity contribution in [2.24, 2.45) is 5.10 Å². The van der Waals surface area contributed by atoms with Gasteiger partial charge >= 0.3 is 0 Å². The summed E-state index contributed by atoms with van der Waals surface area (Å²) in [5.74, 6) is 0.320. The van der Waals surface area contributed by atoms with Gasteiger partial charge in [0.2, 0.25) is 0 Å². The maximum absolute atomic E-state index is 11.8. The molecule has 2 aromatic carbocycles. The van der Waals surface area contributed by atoms with Crippen LogP contribution in [0.15, 0.2) is 58.1 Å². The lowest BCUT2D eigenvalue weighted by Gasteiger charge is -2.28. The topological polar surface area (TPSA) is 63.2 Å². The van der Waals surface area contributed by atoms with Crippen molar-refractivity contribution in [3.8, 4) is 5.75 Å². The Hall–Kier alpha value is -2.38. The molecule has 1 N–H and O–H groups in total. The van der Waals surface area contributed by atoms with Crippen LogP contribution >= 0.6 is 15.9 Å². The standard InChI is InChI=1S/C19H20BrN3O3/c20-16-3-7-18(8-4-16)26-14-19(24)22-21-13-15-1-5-17(6-2-15)23-9-11-25-12-10-23/h1-8,13H,9-12,14H2,(H,22,24)/b21-13-. The highest BCUT2D eigenvalue weighted by Crippen LogP contribution is 2.16. The Morgan fingerprint density at radius 3 is 2.54 bits per heavy atom. The van der Waals surface area contributed by atoms with Crippen molar-refractivity contribution >= 4 is 33.7 Å². The zero-order chi connectivity index (χ0) is 18.2. The minimum atomic E-state index is -0.311. The maximum Gasteiger partial charge on any atom is 0.277 e. The summed E-state index contributed by atoms with van der Waals surface area (Å²) >= 11 is 3.35. The van der Waals surface area contributed by atoms with Crippen molar-refractivity contribution in [1.29, 1.82) is 0 Å². The van der Waals surface area contributed by atoms with Gasteiger partial charge in [0, 0.05) is 23.2 Å². The molecule has 0 bridgehead atoms. The van der Waals surface area contributed by atoms with E-state index in [0.29, 0.717) is 5.75 Å². The van der Waals surface area contributed by atoms with Crippen LogP contribution in [0.4, 0.5) is 5.69 Å². The fourth-order valence-corrected chi connectivity index (χ4v) is 2.75. The number of carbonyl (C=O) groups excluding carboxylic acids is 1. The molecule has 0 radical (unpaired) electrons. The van der Waals surface area contributed by atoms with Gasteiger partial charge in [0.1, 0.15) is 5.75 Å². The zero-order valence-electron chi connectivity index (χ0n) is 14.2. The van der Waals surface area contributed by atoms with Crippen LogP contribution in [-0.2, 0) is 9.53 Å². The third-order valence-corrected chi connectivity index (χ3v) is 4.38. The average molecular weight is 418 g/mol. The minimum absolute atomic E-state index is 0.0884. The van der Waals surface area contributed by atoms with Crippen LogP contribution in [0.1, 0.15) is 5.56 Å². The van der Waals surface area contributed by atoms with Crippen LogP contribution in [0.25, 0.3) is 0 Å². The Kier molecular flexibility index (Phi) is 6.62. The van der Waals surface area contributed by atoms with Crippen molar-refractivity contribution in [3.63, 3.8) is 0 Å². The maximum atomic E-state index is 11.8. The van der Waals surface area contributed by atoms with E-state index in [0.717, 1.165) is 42.0 Å². The zero-order valence-corrected chi connectivity index (χ0v) is 15.8. The van der Waals surface area contributed by atoms with Gasteiger partial charge < -0.3 is 14.4 Å². The number of rotatable bonds is 6. The summed E-state index contributed by atoms with van der Waals surface area (Å²) < 4.78 is 11.7. The van der Waals surface area contributed by atoms with E-state index in [1.807, 2.05) is 36.4 Å². The van der Waals surface area contributed by atoms with E-state index < -0.39 is 0 Å². The molecule has 0 spiro atoms. The second kappa shape index (κ2) is 9.35. The molecule has 3 rings (SSSR count). The molecule has 0 atom stereocenters. The molecule has 1 amide bonds. The lowest BCUT2D eigenvalue weighted by molar-refractivity contribution is -0.123. The number of hydrogen-bond donors (Lipinski definition) is 1. The van der Waals surface area contributed by atoms with Gasteiger partial charge in [-0.2, -0.15) is 5.10 Å². The molecule has 2 aromatic rings. The molecule has 0 aliphatic carbocycles. The van der Waals surface area contributed by atoms with E-state index in [1.54, 1.807) is 18.3 Å².